The maximum atomic E-state index is 5.82. The number of ether oxygens (including phenoxy) is 2. The molecule has 0 radical (unpaired) electrons. The van der Waals surface area contributed by atoms with Gasteiger partial charge < -0.3 is 24.6 Å². The van der Waals surface area contributed by atoms with Crippen molar-refractivity contribution in [1.29, 1.82) is 0 Å². The topological polar surface area (TPSA) is 49.3 Å². The van der Waals surface area contributed by atoms with Gasteiger partial charge in [-0.3, -0.25) is 4.99 Å². The molecule has 0 aliphatic rings. The summed E-state index contributed by atoms with van der Waals surface area (Å²) in [6.45, 7) is 2.95. The Bertz CT molecular complexity index is 762. The number of nitrogens with zero attached hydrogens (tertiary/aromatic N) is 3. The Hall–Kier alpha value is -2.73. The number of aliphatic imine (C=N–C) groups is 1. The molecule has 0 atom stereocenters. The maximum absolute atomic E-state index is 5.82. The van der Waals surface area contributed by atoms with E-state index in [1.165, 1.54) is 0 Å². The first kappa shape index (κ1) is 21.6. The number of hydrogen-bond acceptors (Lipinski definition) is 4. The molecule has 0 fully saturated rings. The van der Waals surface area contributed by atoms with Gasteiger partial charge in [0.05, 0.1) is 7.11 Å². The second-order valence-corrected chi connectivity index (χ2v) is 6.87. The lowest BCUT2D eigenvalue weighted by Gasteiger charge is -2.23. The second-order valence-electron chi connectivity index (χ2n) is 6.87. The van der Waals surface area contributed by atoms with Crippen molar-refractivity contribution < 1.29 is 9.47 Å². The molecule has 0 heterocycles. The molecule has 0 spiro atoms. The molecular formula is C22H32N4O2. The monoisotopic (exact) mass is 384 g/mol. The average molecular weight is 385 g/mol. The fourth-order valence-electron chi connectivity index (χ4n) is 2.82. The first-order valence-corrected chi connectivity index (χ1v) is 9.43. The fraction of sp³-hybridized carbons (Fsp3) is 0.409. The standard InChI is InChI=1S/C22H32N4O2/c1-23-22(26(4)17-19-10-6-7-12-21(19)27-5)24-16-18-9-8-11-20(15-18)28-14-13-25(2)3/h6-12,15H,13-14,16-17H2,1-5H3,(H,23,24). The highest BCUT2D eigenvalue weighted by atomic mass is 16.5. The molecule has 6 heteroatoms. The predicted molar refractivity (Wildman–Crippen MR) is 115 cm³/mol. The molecule has 0 unspecified atom stereocenters. The lowest BCUT2D eigenvalue weighted by atomic mass is 10.2. The summed E-state index contributed by atoms with van der Waals surface area (Å²) in [5.41, 5.74) is 2.26. The van der Waals surface area contributed by atoms with Crippen molar-refractivity contribution in [3.63, 3.8) is 0 Å². The van der Waals surface area contributed by atoms with Gasteiger partial charge in [-0.1, -0.05) is 30.3 Å². The number of guanidine groups is 1. The van der Waals surface area contributed by atoms with Crippen LogP contribution in [0.2, 0.25) is 0 Å². The first-order valence-electron chi connectivity index (χ1n) is 9.43. The van der Waals surface area contributed by atoms with E-state index < -0.39 is 0 Å². The molecule has 0 saturated carbocycles. The van der Waals surface area contributed by atoms with E-state index in [2.05, 4.69) is 38.3 Å². The molecular weight excluding hydrogens is 352 g/mol. The molecule has 0 aliphatic carbocycles. The lowest BCUT2D eigenvalue weighted by molar-refractivity contribution is 0.261. The SMILES string of the molecule is CN=C(NCc1cccc(OCCN(C)C)c1)N(C)Cc1ccccc1OC. The lowest BCUT2D eigenvalue weighted by Crippen LogP contribution is -2.38. The molecule has 2 aromatic rings. The van der Waals surface area contributed by atoms with Crippen molar-refractivity contribution in [2.24, 2.45) is 4.99 Å². The van der Waals surface area contributed by atoms with Gasteiger partial charge in [0, 0.05) is 39.3 Å². The van der Waals surface area contributed by atoms with Crippen LogP contribution < -0.4 is 14.8 Å². The summed E-state index contributed by atoms with van der Waals surface area (Å²) in [5.74, 6) is 2.59. The Labute approximate surface area is 168 Å². The van der Waals surface area contributed by atoms with Crippen molar-refractivity contribution in [3.05, 3.63) is 59.7 Å². The fourth-order valence-corrected chi connectivity index (χ4v) is 2.82. The molecule has 1 N–H and O–H groups in total. The number of methoxy groups -OCH3 is 1. The second kappa shape index (κ2) is 11.2. The minimum Gasteiger partial charge on any atom is -0.496 e. The van der Waals surface area contributed by atoms with Gasteiger partial charge in [-0.2, -0.15) is 0 Å². The third kappa shape index (κ3) is 6.78. The predicted octanol–water partition coefficient (Wildman–Crippen LogP) is 2.84. The van der Waals surface area contributed by atoms with Crippen LogP contribution in [0.1, 0.15) is 11.1 Å². The quantitative estimate of drug-likeness (QED) is 0.532. The Morgan fingerprint density at radius 3 is 2.57 bits per heavy atom. The molecule has 28 heavy (non-hydrogen) atoms. The number of nitrogens with one attached hydrogen (secondary N) is 1. The van der Waals surface area contributed by atoms with Crippen molar-refractivity contribution >= 4 is 5.96 Å². The number of rotatable bonds is 9. The van der Waals surface area contributed by atoms with Gasteiger partial charge in [0.1, 0.15) is 18.1 Å². The summed E-state index contributed by atoms with van der Waals surface area (Å²) in [4.78, 5) is 8.58. The van der Waals surface area contributed by atoms with Gasteiger partial charge >= 0.3 is 0 Å². The molecule has 0 saturated heterocycles. The zero-order valence-electron chi connectivity index (χ0n) is 17.6. The summed E-state index contributed by atoms with van der Waals surface area (Å²) < 4.78 is 11.3. The minimum atomic E-state index is 0.674. The first-order chi connectivity index (χ1) is 13.5. The third-order valence-corrected chi connectivity index (χ3v) is 4.33. The van der Waals surface area contributed by atoms with Gasteiger partial charge in [0.25, 0.3) is 0 Å². The van der Waals surface area contributed by atoms with E-state index in [1.807, 2.05) is 51.5 Å². The maximum Gasteiger partial charge on any atom is 0.193 e. The van der Waals surface area contributed by atoms with Crippen LogP contribution in [0.5, 0.6) is 11.5 Å². The van der Waals surface area contributed by atoms with Crippen molar-refractivity contribution in [2.45, 2.75) is 13.1 Å². The molecule has 2 rings (SSSR count). The molecule has 0 aromatic heterocycles. The average Bonchev–Trinajstić information content (AvgIpc) is 2.69. The van der Waals surface area contributed by atoms with E-state index in [1.54, 1.807) is 14.2 Å². The number of benzene rings is 2. The highest BCUT2D eigenvalue weighted by Gasteiger charge is 2.10. The van der Waals surface area contributed by atoms with Crippen LogP contribution in [0.25, 0.3) is 0 Å². The van der Waals surface area contributed by atoms with E-state index in [0.717, 1.165) is 35.1 Å². The summed E-state index contributed by atoms with van der Waals surface area (Å²) in [5, 5.41) is 3.42. The zero-order chi connectivity index (χ0) is 20.4. The van der Waals surface area contributed by atoms with E-state index in [-0.39, 0.29) is 0 Å². The molecule has 2 aromatic carbocycles. The molecule has 0 aliphatic heterocycles. The van der Waals surface area contributed by atoms with Crippen molar-refractivity contribution in [1.82, 2.24) is 15.1 Å². The van der Waals surface area contributed by atoms with E-state index in [9.17, 15) is 0 Å². The van der Waals surface area contributed by atoms with E-state index in [0.29, 0.717) is 19.7 Å². The minimum absolute atomic E-state index is 0.674. The smallest absolute Gasteiger partial charge is 0.193 e. The Morgan fingerprint density at radius 2 is 1.86 bits per heavy atom. The summed E-state index contributed by atoms with van der Waals surface area (Å²) in [6, 6.07) is 16.2. The molecule has 0 bridgehead atoms. The van der Waals surface area contributed by atoms with Gasteiger partial charge in [-0.05, 0) is 37.9 Å². The Balaban J connectivity index is 1.92. The Morgan fingerprint density at radius 1 is 1.07 bits per heavy atom. The molecule has 0 amide bonds. The van der Waals surface area contributed by atoms with Crippen LogP contribution in [0.15, 0.2) is 53.5 Å². The van der Waals surface area contributed by atoms with Crippen LogP contribution in [0.4, 0.5) is 0 Å². The number of para-hydroxylation sites is 1. The van der Waals surface area contributed by atoms with Crippen molar-refractivity contribution in [2.75, 3.05) is 48.5 Å². The summed E-state index contributed by atoms with van der Waals surface area (Å²) in [7, 11) is 9.58. The molecule has 152 valence electrons. The van der Waals surface area contributed by atoms with Gasteiger partial charge in [-0.25, -0.2) is 0 Å². The largest absolute Gasteiger partial charge is 0.496 e. The number of likely N-dealkylation sites (N-methyl/N-ethyl adjacent to an activating group) is 1. The highest BCUT2D eigenvalue weighted by molar-refractivity contribution is 5.79. The summed E-state index contributed by atoms with van der Waals surface area (Å²) >= 11 is 0. The van der Waals surface area contributed by atoms with Crippen LogP contribution >= 0.6 is 0 Å². The van der Waals surface area contributed by atoms with Gasteiger partial charge in [0.15, 0.2) is 5.96 Å². The normalized spacial score (nSPS) is 11.4. The van der Waals surface area contributed by atoms with Gasteiger partial charge in [0.2, 0.25) is 0 Å². The third-order valence-electron chi connectivity index (χ3n) is 4.33. The highest BCUT2D eigenvalue weighted by Crippen LogP contribution is 2.19. The van der Waals surface area contributed by atoms with Crippen LogP contribution in [-0.4, -0.2) is 64.2 Å². The van der Waals surface area contributed by atoms with Crippen LogP contribution in [0.3, 0.4) is 0 Å². The van der Waals surface area contributed by atoms with Crippen LogP contribution in [-0.2, 0) is 13.1 Å². The summed E-state index contributed by atoms with van der Waals surface area (Å²) in [6.07, 6.45) is 0. The van der Waals surface area contributed by atoms with Gasteiger partial charge in [-0.15, -0.1) is 0 Å². The Kier molecular flexibility index (Phi) is 8.62. The van der Waals surface area contributed by atoms with E-state index >= 15 is 0 Å². The van der Waals surface area contributed by atoms with Crippen LogP contribution in [0, 0.1) is 0 Å². The molecule has 6 nitrogen and oxygen atoms in total. The van der Waals surface area contributed by atoms with E-state index in [4.69, 9.17) is 9.47 Å². The number of hydrogen-bond donors (Lipinski definition) is 1. The van der Waals surface area contributed by atoms with Crippen molar-refractivity contribution in [3.8, 4) is 11.5 Å². The zero-order valence-corrected chi connectivity index (χ0v) is 17.6.